The van der Waals surface area contributed by atoms with Crippen molar-refractivity contribution in [2.75, 3.05) is 11.0 Å². The number of hydrogen-bond acceptors (Lipinski definition) is 4. The Hall–Kier alpha value is -1.25. The minimum absolute atomic E-state index is 0.178. The van der Waals surface area contributed by atoms with Crippen LogP contribution in [0.25, 0.3) is 5.65 Å². The summed E-state index contributed by atoms with van der Waals surface area (Å²) in [5, 5.41) is 10.2. The lowest BCUT2D eigenvalue weighted by atomic mass is 10.4. The van der Waals surface area contributed by atoms with E-state index in [0.717, 1.165) is 4.43 Å². The summed E-state index contributed by atoms with van der Waals surface area (Å²) in [6, 6.07) is 0. The van der Waals surface area contributed by atoms with Gasteiger partial charge in [0, 0.05) is 17.2 Å². The van der Waals surface area contributed by atoms with Crippen LogP contribution in [0.5, 0.6) is 0 Å². The standard InChI is InChI=1S/C8H8IN5O/c9-1-2-10-8(15)6-4-14-5-12-13-7(14)3-11-6/h3-5H,1-2H2,(H,10,15). The van der Waals surface area contributed by atoms with E-state index in [1.165, 1.54) is 12.5 Å². The summed E-state index contributed by atoms with van der Waals surface area (Å²) >= 11 is 2.19. The molecule has 2 aromatic heterocycles. The maximum Gasteiger partial charge on any atom is 0.271 e. The SMILES string of the molecule is O=C(NCCI)c1cn2cnnc2cn1. The Morgan fingerprint density at radius 2 is 2.47 bits per heavy atom. The summed E-state index contributed by atoms with van der Waals surface area (Å²) in [6.45, 7) is 0.640. The van der Waals surface area contributed by atoms with Gasteiger partial charge in [-0.1, -0.05) is 22.6 Å². The highest BCUT2D eigenvalue weighted by atomic mass is 127. The molecule has 0 aliphatic rings. The first kappa shape index (κ1) is 10.3. The third kappa shape index (κ3) is 2.22. The van der Waals surface area contributed by atoms with Crippen LogP contribution in [0.1, 0.15) is 10.5 Å². The van der Waals surface area contributed by atoms with Gasteiger partial charge in [-0.2, -0.15) is 0 Å². The molecular formula is C8H8IN5O. The third-order valence-electron chi connectivity index (χ3n) is 1.79. The van der Waals surface area contributed by atoms with Crippen molar-refractivity contribution in [1.29, 1.82) is 0 Å². The number of carbonyl (C=O) groups is 1. The fourth-order valence-corrected chi connectivity index (χ4v) is 1.37. The van der Waals surface area contributed by atoms with E-state index in [0.29, 0.717) is 17.9 Å². The highest BCUT2D eigenvalue weighted by Gasteiger charge is 2.07. The lowest BCUT2D eigenvalue weighted by Crippen LogP contribution is -2.26. The van der Waals surface area contributed by atoms with E-state index in [9.17, 15) is 4.79 Å². The minimum Gasteiger partial charge on any atom is -0.350 e. The van der Waals surface area contributed by atoms with Gasteiger partial charge in [-0.25, -0.2) is 4.98 Å². The summed E-state index contributed by atoms with van der Waals surface area (Å²) in [6.07, 6.45) is 4.66. The van der Waals surface area contributed by atoms with Crippen LogP contribution in [0.2, 0.25) is 0 Å². The molecule has 2 aromatic rings. The van der Waals surface area contributed by atoms with Crippen molar-refractivity contribution in [3.63, 3.8) is 0 Å². The molecule has 15 heavy (non-hydrogen) atoms. The van der Waals surface area contributed by atoms with E-state index in [-0.39, 0.29) is 5.91 Å². The summed E-state index contributed by atoms with van der Waals surface area (Å²) < 4.78 is 2.53. The van der Waals surface area contributed by atoms with E-state index in [1.54, 1.807) is 10.6 Å². The lowest BCUT2D eigenvalue weighted by molar-refractivity contribution is 0.0951. The highest BCUT2D eigenvalue weighted by Crippen LogP contribution is 1.99. The van der Waals surface area contributed by atoms with Crippen LogP contribution in [-0.2, 0) is 0 Å². The zero-order chi connectivity index (χ0) is 10.7. The molecule has 0 atom stereocenters. The Bertz CT molecular complexity index is 483. The molecule has 7 heteroatoms. The molecule has 0 aliphatic heterocycles. The quantitative estimate of drug-likeness (QED) is 0.652. The molecule has 0 spiro atoms. The van der Waals surface area contributed by atoms with Crippen molar-refractivity contribution in [3.8, 4) is 0 Å². The number of alkyl halides is 1. The average Bonchev–Trinajstić information content (AvgIpc) is 2.72. The number of carbonyl (C=O) groups excluding carboxylic acids is 1. The fourth-order valence-electron chi connectivity index (χ4n) is 1.10. The molecule has 78 valence electrons. The van der Waals surface area contributed by atoms with Crippen molar-refractivity contribution in [2.24, 2.45) is 0 Å². The maximum absolute atomic E-state index is 11.5. The molecular weight excluding hydrogens is 309 g/mol. The Morgan fingerprint density at radius 3 is 3.27 bits per heavy atom. The number of halogens is 1. The maximum atomic E-state index is 11.5. The smallest absolute Gasteiger partial charge is 0.271 e. The van der Waals surface area contributed by atoms with Crippen LogP contribution < -0.4 is 5.32 Å². The predicted molar refractivity (Wildman–Crippen MR) is 62.0 cm³/mol. The molecule has 1 amide bonds. The largest absolute Gasteiger partial charge is 0.350 e. The zero-order valence-corrected chi connectivity index (χ0v) is 9.88. The first-order valence-corrected chi connectivity index (χ1v) is 5.83. The van der Waals surface area contributed by atoms with Crippen molar-refractivity contribution in [2.45, 2.75) is 0 Å². The van der Waals surface area contributed by atoms with Crippen LogP contribution in [0.3, 0.4) is 0 Å². The predicted octanol–water partition coefficient (Wildman–Crippen LogP) is 0.289. The van der Waals surface area contributed by atoms with Gasteiger partial charge in [0.1, 0.15) is 12.0 Å². The summed E-state index contributed by atoms with van der Waals surface area (Å²) in [7, 11) is 0. The van der Waals surface area contributed by atoms with Crippen LogP contribution in [0.15, 0.2) is 18.7 Å². The van der Waals surface area contributed by atoms with Gasteiger partial charge in [0.25, 0.3) is 5.91 Å². The molecule has 2 rings (SSSR count). The topological polar surface area (TPSA) is 72.2 Å². The Labute approximate surface area is 99.2 Å². The third-order valence-corrected chi connectivity index (χ3v) is 2.33. The number of fused-ring (bicyclic) bond motifs is 1. The molecule has 0 saturated heterocycles. The Balaban J connectivity index is 2.23. The number of hydrogen-bond donors (Lipinski definition) is 1. The zero-order valence-electron chi connectivity index (χ0n) is 7.72. The van der Waals surface area contributed by atoms with Crippen LogP contribution >= 0.6 is 22.6 Å². The van der Waals surface area contributed by atoms with Gasteiger partial charge in [0.2, 0.25) is 0 Å². The van der Waals surface area contributed by atoms with Crippen molar-refractivity contribution in [1.82, 2.24) is 24.9 Å². The molecule has 0 fully saturated rings. The van der Waals surface area contributed by atoms with Crippen molar-refractivity contribution < 1.29 is 4.79 Å². The molecule has 0 aromatic carbocycles. The second-order valence-corrected chi connectivity index (χ2v) is 3.89. The normalized spacial score (nSPS) is 10.5. The molecule has 0 aliphatic carbocycles. The Morgan fingerprint density at radius 1 is 1.60 bits per heavy atom. The van der Waals surface area contributed by atoms with Crippen molar-refractivity contribution >= 4 is 34.1 Å². The molecule has 0 saturated carbocycles. The van der Waals surface area contributed by atoms with Crippen LogP contribution in [0.4, 0.5) is 0 Å². The first-order chi connectivity index (χ1) is 7.31. The number of aromatic nitrogens is 4. The summed E-state index contributed by atoms with van der Waals surface area (Å²) in [5.41, 5.74) is 0.993. The van der Waals surface area contributed by atoms with Crippen LogP contribution in [0, 0.1) is 0 Å². The van der Waals surface area contributed by atoms with E-state index < -0.39 is 0 Å². The number of rotatable bonds is 3. The van der Waals surface area contributed by atoms with Gasteiger partial charge in [0.05, 0.1) is 6.20 Å². The molecule has 0 radical (unpaired) electrons. The van der Waals surface area contributed by atoms with E-state index in [2.05, 4.69) is 43.1 Å². The molecule has 0 bridgehead atoms. The average molecular weight is 317 g/mol. The number of nitrogens with one attached hydrogen (secondary N) is 1. The fraction of sp³-hybridized carbons (Fsp3) is 0.250. The lowest BCUT2D eigenvalue weighted by Gasteiger charge is -2.01. The minimum atomic E-state index is -0.178. The van der Waals surface area contributed by atoms with E-state index in [1.807, 2.05) is 0 Å². The Kier molecular flexibility index (Phi) is 3.09. The highest BCUT2D eigenvalue weighted by molar-refractivity contribution is 14.1. The van der Waals surface area contributed by atoms with E-state index >= 15 is 0 Å². The van der Waals surface area contributed by atoms with Gasteiger partial charge < -0.3 is 5.32 Å². The van der Waals surface area contributed by atoms with Crippen molar-refractivity contribution in [3.05, 3.63) is 24.4 Å². The van der Waals surface area contributed by atoms with Gasteiger partial charge in [-0.3, -0.25) is 9.20 Å². The van der Waals surface area contributed by atoms with Gasteiger partial charge in [0.15, 0.2) is 5.65 Å². The second kappa shape index (κ2) is 4.51. The molecule has 2 heterocycles. The summed E-state index contributed by atoms with van der Waals surface area (Å²) in [5.74, 6) is -0.178. The summed E-state index contributed by atoms with van der Waals surface area (Å²) in [4.78, 5) is 15.5. The molecule has 1 N–H and O–H groups in total. The van der Waals surface area contributed by atoms with E-state index in [4.69, 9.17) is 0 Å². The van der Waals surface area contributed by atoms with Crippen LogP contribution in [-0.4, -0.2) is 36.5 Å². The molecule has 0 unspecified atom stereocenters. The first-order valence-electron chi connectivity index (χ1n) is 4.31. The second-order valence-electron chi connectivity index (χ2n) is 2.81. The van der Waals surface area contributed by atoms with Gasteiger partial charge in [-0.05, 0) is 0 Å². The van der Waals surface area contributed by atoms with Gasteiger partial charge >= 0.3 is 0 Å². The van der Waals surface area contributed by atoms with Gasteiger partial charge in [-0.15, -0.1) is 10.2 Å². The number of amides is 1. The monoisotopic (exact) mass is 317 g/mol. The molecule has 6 nitrogen and oxygen atoms in total. The number of nitrogens with zero attached hydrogens (tertiary/aromatic N) is 4.